The zero-order valence-electron chi connectivity index (χ0n) is 16.4. The number of hydrogen-bond donors (Lipinski definition) is 2. The number of carbonyl (C=O) groups excluding carboxylic acids is 2. The third-order valence-electron chi connectivity index (χ3n) is 4.52. The summed E-state index contributed by atoms with van der Waals surface area (Å²) in [5.74, 6) is 1.24. The van der Waals surface area contributed by atoms with Crippen LogP contribution in [0.1, 0.15) is 46.0 Å². The van der Waals surface area contributed by atoms with Gasteiger partial charge in [-0.05, 0) is 57.5 Å². The molecule has 0 aliphatic heterocycles. The van der Waals surface area contributed by atoms with Gasteiger partial charge in [-0.3, -0.25) is 14.7 Å². The van der Waals surface area contributed by atoms with E-state index in [9.17, 15) is 9.59 Å². The van der Waals surface area contributed by atoms with E-state index in [-0.39, 0.29) is 11.6 Å². The molecule has 7 nitrogen and oxygen atoms in total. The first-order valence-corrected chi connectivity index (χ1v) is 9.67. The number of hydrogen-bond acceptors (Lipinski definition) is 6. The molecule has 1 aromatic carbocycles. The zero-order chi connectivity index (χ0) is 20.4. The molecule has 146 valence electrons. The fraction of sp³-hybridized carbons (Fsp3) is 0.300. The topological polar surface area (TPSA) is 101 Å². The lowest BCUT2D eigenvalue weighted by atomic mass is 10.0. The van der Waals surface area contributed by atoms with E-state index < -0.39 is 5.25 Å². The first-order valence-electron chi connectivity index (χ1n) is 8.79. The average Bonchev–Trinajstić information content (AvgIpc) is 3.25. The second-order valence-electron chi connectivity index (χ2n) is 6.50. The fourth-order valence-corrected chi connectivity index (χ4v) is 3.90. The molecule has 0 saturated carbocycles. The number of H-pyrrole nitrogens is 2. The highest BCUT2D eigenvalue weighted by Crippen LogP contribution is 2.27. The molecule has 3 rings (SSSR count). The highest BCUT2D eigenvalue weighted by atomic mass is 32.2. The largest absolute Gasteiger partial charge is 0.497 e. The van der Waals surface area contributed by atoms with Crippen LogP contribution in [0.3, 0.4) is 0 Å². The second kappa shape index (κ2) is 8.02. The molecule has 1 unspecified atom stereocenters. The number of rotatable bonds is 7. The van der Waals surface area contributed by atoms with Crippen LogP contribution in [0.5, 0.6) is 5.75 Å². The van der Waals surface area contributed by atoms with E-state index in [1.54, 1.807) is 27.9 Å². The maximum Gasteiger partial charge on any atom is 0.209 e. The fourth-order valence-electron chi connectivity index (χ4n) is 3.12. The summed E-state index contributed by atoms with van der Waals surface area (Å²) in [5.41, 5.74) is 3.33. The Morgan fingerprint density at radius 1 is 1.18 bits per heavy atom. The SMILES string of the molecule is COc1ccc(-c2nc(SC(C)C(=O)c3[nH]c(C)c(C(C)=O)c3C)n[nH]2)cc1. The standard InChI is InChI=1S/C20H22N4O3S/c1-10-16(12(3)25)11(2)21-17(10)18(26)13(4)28-20-22-19(23-24-20)14-6-8-15(27-5)9-7-14/h6-9,13,21H,1-5H3,(H,22,23,24). The van der Waals surface area contributed by atoms with Crippen molar-refractivity contribution in [1.29, 1.82) is 0 Å². The van der Waals surface area contributed by atoms with Crippen LogP contribution in [0, 0.1) is 13.8 Å². The number of ether oxygens (including phenoxy) is 1. The van der Waals surface area contributed by atoms with Crippen molar-refractivity contribution in [2.45, 2.75) is 38.1 Å². The molecule has 1 atom stereocenters. The lowest BCUT2D eigenvalue weighted by molar-refractivity contribution is 0.0988. The summed E-state index contributed by atoms with van der Waals surface area (Å²) in [7, 11) is 1.61. The van der Waals surface area contributed by atoms with Crippen molar-refractivity contribution in [1.82, 2.24) is 20.2 Å². The van der Waals surface area contributed by atoms with Gasteiger partial charge < -0.3 is 9.72 Å². The van der Waals surface area contributed by atoms with Gasteiger partial charge in [0.15, 0.2) is 17.4 Å². The Bertz CT molecular complexity index is 1020. The second-order valence-corrected chi connectivity index (χ2v) is 7.81. The molecule has 0 saturated heterocycles. The first kappa shape index (κ1) is 19.9. The normalized spacial score (nSPS) is 12.0. The number of Topliss-reactive ketones (excluding diaryl/α,β-unsaturated/α-hetero) is 2. The van der Waals surface area contributed by atoms with Crippen LogP contribution in [0.15, 0.2) is 29.4 Å². The molecule has 2 N–H and O–H groups in total. The number of methoxy groups -OCH3 is 1. The van der Waals surface area contributed by atoms with E-state index in [0.29, 0.717) is 33.5 Å². The molecule has 0 aliphatic carbocycles. The molecular weight excluding hydrogens is 376 g/mol. The number of nitrogens with zero attached hydrogens (tertiary/aromatic N) is 2. The van der Waals surface area contributed by atoms with Gasteiger partial charge >= 0.3 is 0 Å². The van der Waals surface area contributed by atoms with Gasteiger partial charge in [-0.1, -0.05) is 11.8 Å². The van der Waals surface area contributed by atoms with Gasteiger partial charge in [0, 0.05) is 16.8 Å². The molecule has 2 heterocycles. The molecular formula is C20H22N4O3S. The number of aromatic amines is 2. The van der Waals surface area contributed by atoms with E-state index in [1.165, 1.54) is 18.7 Å². The van der Waals surface area contributed by atoms with Crippen molar-refractivity contribution in [3.8, 4) is 17.1 Å². The van der Waals surface area contributed by atoms with Crippen LogP contribution in [0.2, 0.25) is 0 Å². The van der Waals surface area contributed by atoms with Crippen molar-refractivity contribution < 1.29 is 14.3 Å². The van der Waals surface area contributed by atoms with E-state index >= 15 is 0 Å². The van der Waals surface area contributed by atoms with E-state index in [4.69, 9.17) is 4.74 Å². The Morgan fingerprint density at radius 3 is 2.43 bits per heavy atom. The van der Waals surface area contributed by atoms with Crippen molar-refractivity contribution in [3.05, 3.63) is 46.8 Å². The molecule has 28 heavy (non-hydrogen) atoms. The van der Waals surface area contributed by atoms with Crippen molar-refractivity contribution in [3.63, 3.8) is 0 Å². The number of aryl methyl sites for hydroxylation is 1. The minimum absolute atomic E-state index is 0.0521. The maximum atomic E-state index is 12.9. The Balaban J connectivity index is 1.75. The summed E-state index contributed by atoms with van der Waals surface area (Å²) >= 11 is 1.27. The molecule has 0 amide bonds. The van der Waals surface area contributed by atoms with Crippen LogP contribution >= 0.6 is 11.8 Å². The minimum Gasteiger partial charge on any atom is -0.497 e. The molecule has 0 spiro atoms. The quantitative estimate of drug-likeness (QED) is 0.461. The molecule has 0 radical (unpaired) electrons. The summed E-state index contributed by atoms with van der Waals surface area (Å²) in [6.45, 7) is 6.90. The lowest BCUT2D eigenvalue weighted by Gasteiger charge is -2.07. The first-order chi connectivity index (χ1) is 13.3. The molecule has 0 fully saturated rings. The Labute approximate surface area is 167 Å². The zero-order valence-corrected chi connectivity index (χ0v) is 17.2. The number of carbonyl (C=O) groups is 2. The Hall–Kier alpha value is -2.87. The van der Waals surface area contributed by atoms with Gasteiger partial charge in [-0.2, -0.15) is 0 Å². The molecule has 0 bridgehead atoms. The Morgan fingerprint density at radius 2 is 1.86 bits per heavy atom. The Kier molecular flexibility index (Phi) is 5.69. The average molecular weight is 398 g/mol. The highest BCUT2D eigenvalue weighted by molar-refractivity contribution is 8.00. The monoisotopic (exact) mass is 398 g/mol. The molecule has 3 aromatic rings. The maximum absolute atomic E-state index is 12.9. The van der Waals surface area contributed by atoms with E-state index in [2.05, 4.69) is 20.2 Å². The third kappa shape index (κ3) is 3.87. The predicted molar refractivity (Wildman–Crippen MR) is 108 cm³/mol. The summed E-state index contributed by atoms with van der Waals surface area (Å²) < 4.78 is 5.15. The summed E-state index contributed by atoms with van der Waals surface area (Å²) in [6, 6.07) is 7.47. The highest BCUT2D eigenvalue weighted by Gasteiger charge is 2.25. The summed E-state index contributed by atoms with van der Waals surface area (Å²) in [5, 5.41) is 7.18. The number of thioether (sulfide) groups is 1. The predicted octanol–water partition coefficient (Wildman–Crippen LogP) is 3.99. The van der Waals surface area contributed by atoms with Crippen LogP contribution in [0.4, 0.5) is 0 Å². The third-order valence-corrected chi connectivity index (χ3v) is 5.48. The van der Waals surface area contributed by atoms with Gasteiger partial charge in [0.25, 0.3) is 0 Å². The summed E-state index contributed by atoms with van der Waals surface area (Å²) in [6.07, 6.45) is 0. The van der Waals surface area contributed by atoms with Crippen molar-refractivity contribution in [2.75, 3.05) is 7.11 Å². The van der Waals surface area contributed by atoms with Gasteiger partial charge in [-0.25, -0.2) is 4.98 Å². The van der Waals surface area contributed by atoms with Gasteiger partial charge in [0.05, 0.1) is 18.1 Å². The lowest BCUT2D eigenvalue weighted by Crippen LogP contribution is -2.15. The van der Waals surface area contributed by atoms with Crippen LogP contribution in [0.25, 0.3) is 11.4 Å². The number of benzene rings is 1. The van der Waals surface area contributed by atoms with Crippen molar-refractivity contribution in [2.24, 2.45) is 0 Å². The van der Waals surface area contributed by atoms with Gasteiger partial charge in [-0.15, -0.1) is 5.10 Å². The van der Waals surface area contributed by atoms with Crippen molar-refractivity contribution >= 4 is 23.3 Å². The molecule has 2 aromatic heterocycles. The smallest absolute Gasteiger partial charge is 0.209 e. The van der Waals surface area contributed by atoms with Gasteiger partial charge in [0.2, 0.25) is 5.16 Å². The van der Waals surface area contributed by atoms with Gasteiger partial charge in [0.1, 0.15) is 5.75 Å². The molecule has 0 aliphatic rings. The number of nitrogens with one attached hydrogen (secondary N) is 2. The van der Waals surface area contributed by atoms with E-state index in [1.807, 2.05) is 24.3 Å². The minimum atomic E-state index is -0.406. The molecule has 8 heteroatoms. The van der Waals surface area contributed by atoms with E-state index in [0.717, 1.165) is 11.3 Å². The van der Waals surface area contributed by atoms with Crippen LogP contribution in [-0.4, -0.2) is 44.1 Å². The summed E-state index contributed by atoms with van der Waals surface area (Å²) in [4.78, 5) is 32.2. The number of aromatic nitrogens is 4. The van der Waals surface area contributed by atoms with Crippen LogP contribution in [-0.2, 0) is 0 Å². The number of ketones is 2. The van der Waals surface area contributed by atoms with Crippen LogP contribution < -0.4 is 4.74 Å².